The molecule has 0 atom stereocenters. The molecule has 0 amide bonds. The Balaban J connectivity index is 2.08. The Bertz CT molecular complexity index is 1030. The molecule has 1 heterocycles. The molecule has 0 unspecified atom stereocenters. The van der Waals surface area contributed by atoms with Gasteiger partial charge >= 0.3 is 5.97 Å². The molecule has 0 N–H and O–H groups in total. The van der Waals surface area contributed by atoms with E-state index in [0.717, 1.165) is 0 Å². The molecule has 3 rings (SSSR count). The third kappa shape index (κ3) is 3.63. The average molecular weight is 366 g/mol. The second kappa shape index (κ2) is 7.50. The first-order valence-electron chi connectivity index (χ1n) is 8.63. The van der Waals surface area contributed by atoms with Crippen LogP contribution in [0.1, 0.15) is 36.7 Å². The van der Waals surface area contributed by atoms with Gasteiger partial charge in [0.1, 0.15) is 6.07 Å². The first kappa shape index (κ1) is 18.5. The zero-order valence-corrected chi connectivity index (χ0v) is 15.3. The molecule has 0 saturated heterocycles. The first-order valence-corrected chi connectivity index (χ1v) is 8.63. The molecule has 6 heteroatoms. The van der Waals surface area contributed by atoms with Crippen molar-refractivity contribution in [2.45, 2.75) is 26.9 Å². The van der Waals surface area contributed by atoms with Crippen molar-refractivity contribution in [3.8, 4) is 17.5 Å². The van der Waals surface area contributed by atoms with Gasteiger partial charge in [-0.15, -0.1) is 0 Å². The first-order chi connectivity index (χ1) is 12.9. The van der Waals surface area contributed by atoms with Crippen LogP contribution in [0.25, 0.3) is 16.6 Å². The third-order valence-electron chi connectivity index (χ3n) is 4.00. The molecule has 5 nitrogen and oxygen atoms in total. The number of esters is 1. The number of nitrogens with zero attached hydrogens (tertiary/aromatic N) is 2. The molecule has 138 valence electrons. The number of ether oxygens (including phenoxy) is 2. The van der Waals surface area contributed by atoms with Crippen LogP contribution < -0.4 is 4.74 Å². The van der Waals surface area contributed by atoms with E-state index in [1.54, 1.807) is 48.0 Å². The lowest BCUT2D eigenvalue weighted by Crippen LogP contribution is -2.07. The molecule has 2 aromatic carbocycles. The average Bonchev–Trinajstić information content (AvgIpc) is 2.99. The van der Waals surface area contributed by atoms with E-state index in [1.165, 1.54) is 6.07 Å². The highest BCUT2D eigenvalue weighted by atomic mass is 19.1. The molecule has 0 fully saturated rings. The number of carbonyl (C=O) groups is 1. The van der Waals surface area contributed by atoms with E-state index in [1.807, 2.05) is 13.8 Å². The van der Waals surface area contributed by atoms with Gasteiger partial charge in [0.05, 0.1) is 29.4 Å². The van der Waals surface area contributed by atoms with E-state index in [9.17, 15) is 14.4 Å². The maximum Gasteiger partial charge on any atom is 0.338 e. The van der Waals surface area contributed by atoms with Gasteiger partial charge in [0.25, 0.3) is 0 Å². The lowest BCUT2D eigenvalue weighted by Gasteiger charge is -2.12. The van der Waals surface area contributed by atoms with Gasteiger partial charge in [0, 0.05) is 23.3 Å². The van der Waals surface area contributed by atoms with Crippen LogP contribution in [0.5, 0.6) is 5.75 Å². The molecule has 0 aliphatic heterocycles. The van der Waals surface area contributed by atoms with E-state index < -0.39 is 11.8 Å². The Labute approximate surface area is 156 Å². The van der Waals surface area contributed by atoms with Gasteiger partial charge in [-0.3, -0.25) is 0 Å². The molecule has 0 aliphatic rings. The van der Waals surface area contributed by atoms with Crippen LogP contribution in [0.2, 0.25) is 0 Å². The number of carbonyl (C=O) groups excluding carboxylic acids is 1. The fourth-order valence-electron chi connectivity index (χ4n) is 2.85. The fourth-order valence-corrected chi connectivity index (χ4v) is 2.85. The standard InChI is InChI=1S/C21H19FN2O3/c1-4-26-21(25)14-5-7-16(8-6-14)24-12-15(11-23)17-9-20(27-13(2)3)18(22)10-19(17)24/h5-10,12-13H,4H2,1-3H3. The number of rotatable bonds is 5. The fraction of sp³-hybridized carbons (Fsp3) is 0.238. The summed E-state index contributed by atoms with van der Waals surface area (Å²) in [4.78, 5) is 11.8. The highest BCUT2D eigenvalue weighted by Crippen LogP contribution is 2.31. The molecule has 0 aliphatic carbocycles. The summed E-state index contributed by atoms with van der Waals surface area (Å²) in [6, 6.07) is 11.8. The molecule has 0 saturated carbocycles. The van der Waals surface area contributed by atoms with Gasteiger partial charge in [-0.2, -0.15) is 5.26 Å². The summed E-state index contributed by atoms with van der Waals surface area (Å²) in [6.07, 6.45) is 1.46. The highest BCUT2D eigenvalue weighted by molar-refractivity contribution is 5.91. The molecular weight excluding hydrogens is 347 g/mol. The SMILES string of the molecule is CCOC(=O)c1ccc(-n2cc(C#N)c3cc(OC(C)C)c(F)cc32)cc1. The van der Waals surface area contributed by atoms with Crippen molar-refractivity contribution in [3.05, 3.63) is 59.5 Å². The second-order valence-electron chi connectivity index (χ2n) is 6.26. The van der Waals surface area contributed by atoms with Crippen LogP contribution in [0, 0.1) is 17.1 Å². The predicted molar refractivity (Wildman–Crippen MR) is 99.7 cm³/mol. The number of fused-ring (bicyclic) bond motifs is 1. The normalized spacial score (nSPS) is 10.8. The van der Waals surface area contributed by atoms with Crippen LogP contribution >= 0.6 is 0 Å². The Morgan fingerprint density at radius 3 is 2.56 bits per heavy atom. The maximum atomic E-state index is 14.5. The van der Waals surface area contributed by atoms with Crippen LogP contribution in [-0.2, 0) is 4.74 Å². The minimum absolute atomic E-state index is 0.115. The summed E-state index contributed by atoms with van der Waals surface area (Å²) in [5.41, 5.74) is 2.08. The largest absolute Gasteiger partial charge is 0.488 e. The topological polar surface area (TPSA) is 64.2 Å². The lowest BCUT2D eigenvalue weighted by atomic mass is 10.1. The molecule has 3 aromatic rings. The van der Waals surface area contributed by atoms with Gasteiger partial charge in [0.15, 0.2) is 11.6 Å². The highest BCUT2D eigenvalue weighted by Gasteiger charge is 2.16. The Morgan fingerprint density at radius 2 is 1.96 bits per heavy atom. The van der Waals surface area contributed by atoms with Crippen molar-refractivity contribution >= 4 is 16.9 Å². The summed E-state index contributed by atoms with van der Waals surface area (Å²) >= 11 is 0. The van der Waals surface area contributed by atoms with Crippen molar-refractivity contribution < 1.29 is 18.7 Å². The minimum atomic E-state index is -0.497. The Morgan fingerprint density at radius 1 is 1.26 bits per heavy atom. The van der Waals surface area contributed by atoms with Crippen molar-refractivity contribution in [1.29, 1.82) is 5.26 Å². The molecule has 0 spiro atoms. The summed E-state index contributed by atoms with van der Waals surface area (Å²) in [7, 11) is 0. The van der Waals surface area contributed by atoms with Gasteiger partial charge in [-0.05, 0) is 51.1 Å². The van der Waals surface area contributed by atoms with Crippen LogP contribution in [-0.4, -0.2) is 23.2 Å². The molecule has 27 heavy (non-hydrogen) atoms. The van der Waals surface area contributed by atoms with E-state index in [4.69, 9.17) is 9.47 Å². The zero-order chi connectivity index (χ0) is 19.6. The monoisotopic (exact) mass is 366 g/mol. The number of nitriles is 1. The molecular formula is C21H19FN2O3. The second-order valence-corrected chi connectivity index (χ2v) is 6.26. The maximum absolute atomic E-state index is 14.5. The van der Waals surface area contributed by atoms with Crippen LogP contribution in [0.3, 0.4) is 0 Å². The smallest absolute Gasteiger partial charge is 0.338 e. The molecule has 1 aromatic heterocycles. The number of aromatic nitrogens is 1. The van der Waals surface area contributed by atoms with Gasteiger partial charge in [-0.1, -0.05) is 0 Å². The number of benzene rings is 2. The predicted octanol–water partition coefficient (Wildman–Crippen LogP) is 4.61. The molecule has 0 bridgehead atoms. The Hall–Kier alpha value is -3.33. The van der Waals surface area contributed by atoms with E-state index in [-0.39, 0.29) is 11.9 Å². The van der Waals surface area contributed by atoms with E-state index in [2.05, 4.69) is 6.07 Å². The van der Waals surface area contributed by atoms with Crippen molar-refractivity contribution in [2.75, 3.05) is 6.61 Å². The van der Waals surface area contributed by atoms with Crippen molar-refractivity contribution in [2.24, 2.45) is 0 Å². The van der Waals surface area contributed by atoms with Crippen molar-refractivity contribution in [3.63, 3.8) is 0 Å². The van der Waals surface area contributed by atoms with Crippen LogP contribution in [0.15, 0.2) is 42.6 Å². The number of halogens is 1. The van der Waals surface area contributed by atoms with Gasteiger partial charge in [-0.25, -0.2) is 9.18 Å². The van der Waals surface area contributed by atoms with E-state index >= 15 is 0 Å². The van der Waals surface area contributed by atoms with Gasteiger partial charge in [0.2, 0.25) is 0 Å². The summed E-state index contributed by atoms with van der Waals surface area (Å²) in [5, 5.41) is 10.1. The quantitative estimate of drug-likeness (QED) is 0.619. The zero-order valence-electron chi connectivity index (χ0n) is 15.3. The Kier molecular flexibility index (Phi) is 5.13. The third-order valence-corrected chi connectivity index (χ3v) is 4.00. The number of hydrogen-bond donors (Lipinski definition) is 0. The minimum Gasteiger partial charge on any atom is -0.488 e. The van der Waals surface area contributed by atoms with Crippen LogP contribution in [0.4, 0.5) is 4.39 Å². The summed E-state index contributed by atoms with van der Waals surface area (Å²) in [5.74, 6) is -0.784. The lowest BCUT2D eigenvalue weighted by molar-refractivity contribution is 0.0526. The summed E-state index contributed by atoms with van der Waals surface area (Å²) in [6.45, 7) is 5.66. The van der Waals surface area contributed by atoms with Crippen molar-refractivity contribution in [1.82, 2.24) is 4.57 Å². The van der Waals surface area contributed by atoms with E-state index in [0.29, 0.717) is 34.3 Å². The molecule has 0 radical (unpaired) electrons. The van der Waals surface area contributed by atoms with Gasteiger partial charge < -0.3 is 14.0 Å². The number of hydrogen-bond acceptors (Lipinski definition) is 4. The summed E-state index contributed by atoms with van der Waals surface area (Å²) < 4.78 is 26.6.